The molecule has 20 nitrogen and oxygen atoms in total. The van der Waals surface area contributed by atoms with Gasteiger partial charge in [-0.2, -0.15) is 0 Å². The molecule has 0 bridgehead atoms. The third-order valence-electron chi connectivity index (χ3n) is 18.7. The largest absolute Gasteiger partial charge is 0.421 e. The van der Waals surface area contributed by atoms with Crippen LogP contribution in [0.25, 0.3) is 0 Å². The number of halogens is 2. The normalized spacial score (nSPS) is 17.9. The van der Waals surface area contributed by atoms with E-state index in [0.29, 0.717) is 38.5 Å². The first kappa shape index (κ1) is 70.7. The van der Waals surface area contributed by atoms with Gasteiger partial charge in [0.05, 0.1) is 0 Å². The minimum absolute atomic E-state index is 0.0730. The van der Waals surface area contributed by atoms with Crippen molar-refractivity contribution in [3.63, 3.8) is 0 Å². The van der Waals surface area contributed by atoms with Gasteiger partial charge in [0.15, 0.2) is 0 Å². The summed E-state index contributed by atoms with van der Waals surface area (Å²) in [6.45, 7) is 21.9. The summed E-state index contributed by atoms with van der Waals surface area (Å²) in [7, 11) is 7.36. The Morgan fingerprint density at radius 2 is 0.637 bits per heavy atom. The number of ketones is 4. The number of carbonyl (C=O) groups is 10. The number of nitrogens with zero attached hydrogens (tertiary/aromatic N) is 6. The predicted octanol–water partition coefficient (Wildman–Crippen LogP) is 9.43. The molecule has 91 heavy (non-hydrogen) atoms. The topological polar surface area (TPSA) is 264 Å². The highest BCUT2D eigenvalue weighted by Crippen LogP contribution is 2.39. The van der Waals surface area contributed by atoms with E-state index in [1.807, 2.05) is 125 Å². The molecule has 0 radical (unpaired) electrons. The Morgan fingerprint density at radius 3 is 0.890 bits per heavy atom. The third kappa shape index (κ3) is 15.9. The van der Waals surface area contributed by atoms with Crippen LogP contribution in [0.3, 0.4) is 0 Å². The van der Waals surface area contributed by atoms with Crippen molar-refractivity contribution in [3.05, 3.63) is 153 Å². The van der Waals surface area contributed by atoms with Gasteiger partial charge in [0.1, 0.15) is 24.2 Å². The molecule has 0 saturated heterocycles. The minimum Gasteiger partial charge on any atom is -0.421 e. The van der Waals surface area contributed by atoms with Crippen molar-refractivity contribution in [2.24, 2.45) is 21.7 Å². The molecule has 4 aliphatic heterocycles. The summed E-state index contributed by atoms with van der Waals surface area (Å²) in [6, 6.07) is 27.0. The van der Waals surface area contributed by atoms with Crippen molar-refractivity contribution in [2.45, 2.75) is 185 Å². The Kier molecular flexibility index (Phi) is 22.7. The predicted molar refractivity (Wildman–Crippen MR) is 343 cm³/mol. The number of rotatable bonds is 16. The van der Waals surface area contributed by atoms with E-state index in [2.05, 4.69) is 42.4 Å². The third-order valence-corrected chi connectivity index (χ3v) is 18.7. The van der Waals surface area contributed by atoms with Crippen LogP contribution in [0.15, 0.2) is 101 Å². The first-order chi connectivity index (χ1) is 42.8. The second kappa shape index (κ2) is 29.2. The highest BCUT2D eigenvalue weighted by atomic mass is 36.0. The number of hydrogen-bond donors (Lipinski definition) is 2. The monoisotopic (exact) mass is 1300 g/mol. The van der Waals surface area contributed by atoms with Crippen LogP contribution in [0.1, 0.15) is 177 Å². The summed E-state index contributed by atoms with van der Waals surface area (Å²) >= 11 is 0. The number of nitrogens with one attached hydrogen (secondary N) is 2. The van der Waals surface area contributed by atoms with Crippen LogP contribution in [0.2, 0.25) is 0 Å². The van der Waals surface area contributed by atoms with Crippen LogP contribution in [-0.2, 0) is 109 Å². The summed E-state index contributed by atoms with van der Waals surface area (Å²) in [5.74, 6) is -5.70. The molecule has 2 N–H and O–H groups in total. The second-order valence-corrected chi connectivity index (χ2v) is 28.6. The Bertz CT molecular complexity index is 3430. The zero-order valence-corrected chi connectivity index (χ0v) is 56.1. The molecule has 0 aliphatic carbocycles. The van der Waals surface area contributed by atoms with Crippen LogP contribution in [0.5, 0.6) is 0 Å². The number of amides is 6. The van der Waals surface area contributed by atoms with Crippen molar-refractivity contribution in [2.75, 3.05) is 0 Å². The Balaban J connectivity index is 0.000000244. The fourth-order valence-corrected chi connectivity index (χ4v) is 11.0. The average Bonchev–Trinajstić information content (AvgIpc) is 1.79. The number of Topliss-reactive ketones (excluding diaryl/α,β-unsaturated/α-hetero) is 4. The van der Waals surface area contributed by atoms with E-state index >= 15 is 0 Å². The zero-order chi connectivity index (χ0) is 67.1. The summed E-state index contributed by atoms with van der Waals surface area (Å²) in [5, 5.41) is 8.75. The molecule has 4 atom stereocenters. The molecule has 9 rings (SSSR count). The lowest BCUT2D eigenvalue weighted by Crippen LogP contribution is -2.61. The van der Waals surface area contributed by atoms with Gasteiger partial charge in [0.25, 0.3) is 35.4 Å². The van der Waals surface area contributed by atoms with Crippen LogP contribution in [0.4, 0.5) is 0 Å². The average molecular weight is 1310 g/mol. The van der Waals surface area contributed by atoms with Gasteiger partial charge in [-0.05, 0) is 70.2 Å². The molecular formula is C68H82Cl2N8O12S. The highest BCUT2D eigenvalue weighted by Gasteiger charge is 2.47. The Morgan fingerprint density at radius 1 is 0.418 bits per heavy atom. The van der Waals surface area contributed by atoms with E-state index in [4.69, 9.17) is 8.63 Å². The van der Waals surface area contributed by atoms with Crippen LogP contribution in [-0.4, -0.2) is 105 Å². The number of hydrazine groups is 1. The van der Waals surface area contributed by atoms with E-state index in [9.17, 15) is 47.9 Å². The van der Waals surface area contributed by atoms with Gasteiger partial charge >= 0.3 is 0 Å². The number of fused-ring (bicyclic) bond motifs is 4. The van der Waals surface area contributed by atoms with Crippen LogP contribution in [0, 0.1) is 21.7 Å². The molecule has 6 amide bonds. The van der Waals surface area contributed by atoms with Crippen molar-refractivity contribution in [3.8, 4) is 0 Å². The quantitative estimate of drug-likeness (QED) is 0.0530. The molecule has 0 fully saturated rings. The van der Waals surface area contributed by atoms with E-state index in [-0.39, 0.29) is 50.8 Å². The lowest BCUT2D eigenvalue weighted by atomic mass is 9.83. The first-order valence-corrected chi connectivity index (χ1v) is 33.5. The smallest absolute Gasteiger partial charge is 0.291 e. The van der Waals surface area contributed by atoms with Gasteiger partial charge in [0, 0.05) is 94.9 Å². The standard InChI is InChI=1S/C34H42N4O6.C34H40N4O5.Cl2OS/c1-7-33(3,4)27(39)31(43)37-19-23-15-11-9-13-21(23)17-25(37)29(41)35-36-30(42)26-18-22-14-10-12-16-24(22)20-38(26)32(44)28(40)34(5,6)8-2;1-7-33(3,4)27(39)31(41)37-19-23-15-11-9-13-21(23)17-25(37)29-35-36-30(43-29)26-18-22-14-10-12-16-24(22)20-38(26)32(42)28(40)34(5,6)8-2;1-4(2)3/h9-16,25-26H,7-8,17-20H2,1-6H3,(H,35,41)(H,36,42);9-16,25-26H,7-8,17-20H2,1-6H3;/t2*25-,26-;/m00./s1. The van der Waals surface area contributed by atoms with Crippen LogP contribution >= 0.6 is 21.4 Å². The summed E-state index contributed by atoms with van der Waals surface area (Å²) in [6.07, 6.45) is 3.08. The van der Waals surface area contributed by atoms with E-state index in [1.54, 1.807) is 55.4 Å². The first-order valence-electron chi connectivity index (χ1n) is 30.7. The molecule has 4 aromatic carbocycles. The van der Waals surface area contributed by atoms with Gasteiger partial charge < -0.3 is 24.0 Å². The van der Waals surface area contributed by atoms with Crippen molar-refractivity contribution >= 4 is 89.2 Å². The fourth-order valence-electron chi connectivity index (χ4n) is 11.0. The molecule has 486 valence electrons. The molecule has 0 unspecified atom stereocenters. The van der Waals surface area contributed by atoms with Gasteiger partial charge in [-0.1, -0.05) is 180 Å². The Hall–Kier alpha value is -7.75. The molecule has 0 spiro atoms. The van der Waals surface area contributed by atoms with E-state index in [1.165, 1.54) is 19.6 Å². The maximum absolute atomic E-state index is 13.7. The lowest BCUT2D eigenvalue weighted by molar-refractivity contribution is -0.155. The second-order valence-electron chi connectivity index (χ2n) is 26.1. The zero-order valence-electron chi connectivity index (χ0n) is 53.8. The minimum atomic E-state index is -1.67. The van der Waals surface area contributed by atoms with E-state index in [0.717, 1.165) is 44.5 Å². The lowest BCUT2D eigenvalue weighted by Gasteiger charge is -2.38. The molecule has 1 aromatic heterocycles. The molecular weight excluding hydrogens is 1220 g/mol. The van der Waals surface area contributed by atoms with E-state index < -0.39 is 114 Å². The molecule has 5 aromatic rings. The number of benzene rings is 4. The maximum Gasteiger partial charge on any atom is 0.291 e. The van der Waals surface area contributed by atoms with Crippen molar-refractivity contribution in [1.82, 2.24) is 40.6 Å². The van der Waals surface area contributed by atoms with Gasteiger partial charge in [0.2, 0.25) is 44.1 Å². The maximum atomic E-state index is 13.7. The summed E-state index contributed by atoms with van der Waals surface area (Å²) < 4.78 is 15.4. The molecule has 4 aliphatic rings. The number of carbonyl (C=O) groups excluding carboxylic acids is 10. The van der Waals surface area contributed by atoms with Gasteiger partial charge in [-0.3, -0.25) is 58.8 Å². The molecule has 5 heterocycles. The SMILES string of the molecule is CCC(C)(C)C(=O)C(=O)N1Cc2ccccc2C[C@H]1C(=O)NNC(=O)[C@@H]1Cc2ccccc2CN1C(=O)C(=O)C(C)(C)CC.CCC(C)(C)C(=O)C(=O)N1Cc2ccccc2C[C@H]1c1nnc([C@@H]2Cc3ccccc3CN2C(=O)C(=O)C(C)(C)CC)o1.O=S(Cl)Cl. The Labute approximate surface area is 543 Å². The summed E-state index contributed by atoms with van der Waals surface area (Å²) in [5.41, 5.74) is 8.87. The molecule has 0 saturated carbocycles. The van der Waals surface area contributed by atoms with Crippen molar-refractivity contribution in [1.29, 1.82) is 0 Å². The number of aromatic nitrogens is 2. The fraction of sp³-hybridized carbons (Fsp3) is 0.471. The summed E-state index contributed by atoms with van der Waals surface area (Å²) in [4.78, 5) is 140. The van der Waals surface area contributed by atoms with Crippen molar-refractivity contribution < 1.29 is 56.6 Å². The highest BCUT2D eigenvalue weighted by molar-refractivity contribution is 8.26. The number of hydrogen-bond acceptors (Lipinski definition) is 14. The van der Waals surface area contributed by atoms with Gasteiger partial charge in [-0.15, -0.1) is 10.2 Å². The van der Waals surface area contributed by atoms with Gasteiger partial charge in [-0.25, -0.2) is 4.21 Å². The molecule has 23 heteroatoms. The van der Waals surface area contributed by atoms with Crippen LogP contribution < -0.4 is 10.9 Å².